The highest BCUT2D eigenvalue weighted by Crippen LogP contribution is 2.55. The maximum Gasteiger partial charge on any atom is 0.208 e. The fourth-order valence-corrected chi connectivity index (χ4v) is 7.99. The Kier molecular flexibility index (Phi) is 5.40. The van der Waals surface area contributed by atoms with Crippen LogP contribution in [0.15, 0.2) is 91.0 Å². The van der Waals surface area contributed by atoms with Crippen molar-refractivity contribution in [3.63, 3.8) is 0 Å². The molecule has 0 saturated heterocycles. The Hall–Kier alpha value is -3.04. The molecule has 0 nitrogen and oxygen atoms in total. The van der Waals surface area contributed by atoms with Crippen LogP contribution in [0.4, 0.5) is 22.0 Å². The molecule has 4 aromatic rings. The van der Waals surface area contributed by atoms with Gasteiger partial charge in [0.05, 0.1) is 0 Å². The second-order valence-corrected chi connectivity index (χ2v) is 9.93. The summed E-state index contributed by atoms with van der Waals surface area (Å²) < 4.78 is 73.1. The zero-order chi connectivity index (χ0) is 21.3. The molecule has 0 aliphatic carbocycles. The number of hydrogen-bond acceptors (Lipinski definition) is 0. The summed E-state index contributed by atoms with van der Waals surface area (Å²) in [6.45, 7) is 0. The molecule has 0 spiro atoms. The van der Waals surface area contributed by atoms with Crippen molar-refractivity contribution in [1.29, 1.82) is 0 Å². The minimum absolute atomic E-state index is 0.477. The van der Waals surface area contributed by atoms with E-state index < -0.39 is 41.7 Å². The highest BCUT2D eigenvalue weighted by Gasteiger charge is 2.54. The lowest BCUT2D eigenvalue weighted by Crippen LogP contribution is -2.42. The number of rotatable bonds is 4. The Bertz CT molecular complexity index is 1050. The minimum atomic E-state index is -3.45. The topological polar surface area (TPSA) is 0 Å². The van der Waals surface area contributed by atoms with Gasteiger partial charge in [0, 0.05) is 0 Å². The van der Waals surface area contributed by atoms with E-state index in [1.54, 1.807) is 91.0 Å². The third-order valence-corrected chi connectivity index (χ3v) is 9.23. The van der Waals surface area contributed by atoms with Crippen LogP contribution in [0.3, 0.4) is 0 Å². The standard InChI is InChI=1S/C24H15F5P/c25-19-20(26)22(28)24(23(29)21(19)27)30(16-10-4-1-5-11-16,17-12-6-2-7-13-17)18-14-8-3-9-15-18/h1-15H/q+1. The van der Waals surface area contributed by atoms with Gasteiger partial charge in [0.2, 0.25) is 29.1 Å². The predicted molar refractivity (Wildman–Crippen MR) is 111 cm³/mol. The molecule has 0 N–H and O–H groups in total. The molecule has 0 bridgehead atoms. The lowest BCUT2D eigenvalue weighted by molar-refractivity contribution is 0.384. The highest BCUT2D eigenvalue weighted by molar-refractivity contribution is 8.01. The van der Waals surface area contributed by atoms with E-state index in [9.17, 15) is 13.2 Å². The van der Waals surface area contributed by atoms with E-state index in [4.69, 9.17) is 0 Å². The first-order valence-corrected chi connectivity index (χ1v) is 10.9. The fraction of sp³-hybridized carbons (Fsp3) is 0. The van der Waals surface area contributed by atoms with E-state index in [0.29, 0.717) is 15.9 Å². The van der Waals surface area contributed by atoms with Crippen LogP contribution in [0, 0.1) is 29.1 Å². The summed E-state index contributed by atoms with van der Waals surface area (Å²) in [5.41, 5.74) is 0. The number of benzene rings is 4. The van der Waals surface area contributed by atoms with Crippen molar-refractivity contribution in [2.75, 3.05) is 0 Å². The molecule has 150 valence electrons. The van der Waals surface area contributed by atoms with Crippen LogP contribution in [0.25, 0.3) is 0 Å². The van der Waals surface area contributed by atoms with Crippen molar-refractivity contribution >= 4 is 28.5 Å². The van der Waals surface area contributed by atoms with E-state index in [2.05, 4.69) is 0 Å². The molecule has 0 heterocycles. The van der Waals surface area contributed by atoms with Crippen molar-refractivity contribution in [2.45, 2.75) is 0 Å². The summed E-state index contributed by atoms with van der Waals surface area (Å²) in [4.78, 5) is 0. The summed E-state index contributed by atoms with van der Waals surface area (Å²) in [6, 6.07) is 25.2. The maximum atomic E-state index is 15.3. The first-order valence-electron chi connectivity index (χ1n) is 9.07. The molecule has 0 aliphatic heterocycles. The fourth-order valence-electron chi connectivity index (χ4n) is 3.68. The molecule has 6 heteroatoms. The molecule has 30 heavy (non-hydrogen) atoms. The molecular weight excluding hydrogens is 414 g/mol. The number of halogens is 5. The van der Waals surface area contributed by atoms with E-state index in [-0.39, 0.29) is 0 Å². The highest BCUT2D eigenvalue weighted by atomic mass is 31.2. The van der Waals surface area contributed by atoms with E-state index in [0.717, 1.165) is 0 Å². The van der Waals surface area contributed by atoms with Gasteiger partial charge in [0.25, 0.3) is 0 Å². The van der Waals surface area contributed by atoms with Gasteiger partial charge in [0.1, 0.15) is 15.9 Å². The van der Waals surface area contributed by atoms with E-state index in [1.165, 1.54) is 0 Å². The molecule has 4 aromatic carbocycles. The average Bonchev–Trinajstić information content (AvgIpc) is 2.81. The average molecular weight is 429 g/mol. The molecule has 0 atom stereocenters. The zero-order valence-electron chi connectivity index (χ0n) is 15.5. The SMILES string of the molecule is Fc1c(F)c(F)c([P+](c2ccccc2)(c2ccccc2)c2ccccc2)c(F)c1F. The van der Waals surface area contributed by atoms with Gasteiger partial charge in [-0.2, -0.15) is 8.78 Å². The third kappa shape index (κ3) is 3.01. The van der Waals surface area contributed by atoms with Gasteiger partial charge in [-0.25, -0.2) is 13.2 Å². The molecule has 0 aromatic heterocycles. The lowest BCUT2D eigenvalue weighted by atomic mass is 10.3. The largest absolute Gasteiger partial charge is 0.208 e. The molecule has 4 rings (SSSR count). The Labute approximate surface area is 171 Å². The summed E-state index contributed by atoms with van der Waals surface area (Å²) in [5.74, 6) is -9.68. The normalized spacial score (nSPS) is 11.5. The smallest absolute Gasteiger partial charge is 0.200 e. The van der Waals surface area contributed by atoms with Crippen LogP contribution >= 0.6 is 7.26 Å². The van der Waals surface area contributed by atoms with Crippen molar-refractivity contribution in [1.82, 2.24) is 0 Å². The van der Waals surface area contributed by atoms with Crippen molar-refractivity contribution < 1.29 is 22.0 Å². The van der Waals surface area contributed by atoms with Gasteiger partial charge in [-0.3, -0.25) is 0 Å². The first kappa shape index (κ1) is 20.2. The first-order chi connectivity index (χ1) is 14.5. The molecule has 0 saturated carbocycles. The van der Waals surface area contributed by atoms with Crippen LogP contribution < -0.4 is 21.2 Å². The van der Waals surface area contributed by atoms with Crippen LogP contribution in [0.1, 0.15) is 0 Å². The summed E-state index contributed by atoms with van der Waals surface area (Å²) >= 11 is 0. The lowest BCUT2D eigenvalue weighted by Gasteiger charge is -2.28. The van der Waals surface area contributed by atoms with Gasteiger partial charge in [-0.05, 0) is 36.4 Å². The van der Waals surface area contributed by atoms with Crippen LogP contribution in [0.2, 0.25) is 0 Å². The summed E-state index contributed by atoms with van der Waals surface area (Å²) in [6.07, 6.45) is 0. The summed E-state index contributed by atoms with van der Waals surface area (Å²) in [5, 5.41) is 0.629. The second-order valence-electron chi connectivity index (χ2n) is 6.60. The molecule has 0 radical (unpaired) electrons. The van der Waals surface area contributed by atoms with Crippen LogP contribution in [-0.2, 0) is 0 Å². The quantitative estimate of drug-likeness (QED) is 0.185. The van der Waals surface area contributed by atoms with Gasteiger partial charge < -0.3 is 0 Å². The van der Waals surface area contributed by atoms with Crippen molar-refractivity contribution in [3.05, 3.63) is 120 Å². The van der Waals surface area contributed by atoms with Crippen molar-refractivity contribution in [2.24, 2.45) is 0 Å². The van der Waals surface area contributed by atoms with Crippen LogP contribution in [-0.4, -0.2) is 0 Å². The third-order valence-electron chi connectivity index (χ3n) is 4.95. The van der Waals surface area contributed by atoms with E-state index in [1.807, 2.05) is 0 Å². The molecular formula is C24H15F5P+. The van der Waals surface area contributed by atoms with Gasteiger partial charge in [0.15, 0.2) is 12.6 Å². The minimum Gasteiger partial charge on any atom is -0.200 e. The Morgan fingerprint density at radius 2 is 0.633 bits per heavy atom. The molecule has 0 amide bonds. The Morgan fingerprint density at radius 3 is 0.933 bits per heavy atom. The molecule has 0 unspecified atom stereocenters. The predicted octanol–water partition coefficient (Wildman–Crippen LogP) is 5.00. The monoisotopic (exact) mass is 429 g/mol. The van der Waals surface area contributed by atoms with Gasteiger partial charge >= 0.3 is 0 Å². The van der Waals surface area contributed by atoms with Crippen molar-refractivity contribution in [3.8, 4) is 0 Å². The second kappa shape index (κ2) is 8.00. The van der Waals surface area contributed by atoms with Gasteiger partial charge in [-0.1, -0.05) is 54.6 Å². The summed E-state index contributed by atoms with van der Waals surface area (Å²) in [7, 11) is -3.45. The van der Waals surface area contributed by atoms with Crippen LogP contribution in [0.5, 0.6) is 0 Å². The maximum absolute atomic E-state index is 15.3. The molecule has 0 aliphatic rings. The van der Waals surface area contributed by atoms with Gasteiger partial charge in [-0.15, -0.1) is 0 Å². The molecule has 0 fully saturated rings. The Morgan fingerprint density at radius 1 is 0.367 bits per heavy atom. The Balaban J connectivity index is 2.27. The van der Waals surface area contributed by atoms with E-state index >= 15 is 8.78 Å². The zero-order valence-corrected chi connectivity index (χ0v) is 16.4. The number of hydrogen-bond donors (Lipinski definition) is 0.